The van der Waals surface area contributed by atoms with Crippen molar-refractivity contribution >= 4 is 11.3 Å². The Morgan fingerprint density at radius 3 is 2.44 bits per heavy atom. The van der Waals surface area contributed by atoms with E-state index in [0.29, 0.717) is 0 Å². The van der Waals surface area contributed by atoms with Crippen molar-refractivity contribution in [3.05, 3.63) is 21.9 Å². The minimum Gasteiger partial charge on any atom is -0.302 e. The van der Waals surface area contributed by atoms with E-state index in [0.717, 1.165) is 0 Å². The predicted octanol–water partition coefficient (Wildman–Crippen LogP) is 2.83. The van der Waals surface area contributed by atoms with Crippen LogP contribution >= 0.6 is 11.3 Å². The van der Waals surface area contributed by atoms with E-state index < -0.39 is 0 Å². The molecule has 0 amide bonds. The minimum absolute atomic E-state index is 0.166. The number of likely N-dealkylation sites (N-methyl/N-ethyl adjacent to an activating group) is 1. The largest absolute Gasteiger partial charge is 0.302 e. The molecule has 3 N–H and O–H groups in total. The average Bonchev–Trinajstić information content (AvgIpc) is 2.78. The molecule has 2 rings (SSSR count). The number of aryl methyl sites for hydroxylation is 1. The van der Waals surface area contributed by atoms with Crippen molar-refractivity contribution in [2.75, 3.05) is 14.1 Å². The number of nitrogens with one attached hydrogen (secondary N) is 1. The maximum Gasteiger partial charge on any atom is 0.0654 e. The molecular weight excluding hydrogens is 242 g/mol. The van der Waals surface area contributed by atoms with Crippen LogP contribution in [-0.2, 0) is 0 Å². The zero-order chi connectivity index (χ0) is 13.2. The third kappa shape index (κ3) is 2.35. The van der Waals surface area contributed by atoms with Gasteiger partial charge in [-0.05, 0) is 50.9 Å². The van der Waals surface area contributed by atoms with E-state index in [1.165, 1.54) is 42.5 Å². The van der Waals surface area contributed by atoms with Crippen LogP contribution in [-0.4, -0.2) is 24.5 Å². The molecule has 102 valence electrons. The Balaban J connectivity index is 2.36. The number of rotatable bonds is 4. The molecule has 1 atom stereocenters. The van der Waals surface area contributed by atoms with E-state index in [1.807, 2.05) is 11.3 Å². The van der Waals surface area contributed by atoms with Crippen LogP contribution in [0.5, 0.6) is 0 Å². The zero-order valence-electron chi connectivity index (χ0n) is 11.7. The summed E-state index contributed by atoms with van der Waals surface area (Å²) in [5.41, 5.74) is 4.64. The lowest BCUT2D eigenvalue weighted by Gasteiger charge is -2.48. The van der Waals surface area contributed by atoms with Crippen LogP contribution in [0.4, 0.5) is 0 Å². The molecule has 0 saturated heterocycles. The first-order valence-electron chi connectivity index (χ1n) is 6.79. The van der Waals surface area contributed by atoms with Gasteiger partial charge >= 0.3 is 0 Å². The standard InChI is InChI=1S/C14H25N3S/c1-11-12(7-10-18-11)13(16-15)14(17(2)3)8-5-4-6-9-14/h7,10,13,16H,4-6,8-9,15H2,1-3H3. The van der Waals surface area contributed by atoms with Gasteiger partial charge in [0.05, 0.1) is 6.04 Å². The van der Waals surface area contributed by atoms with Crippen LogP contribution in [0.1, 0.15) is 48.6 Å². The van der Waals surface area contributed by atoms with Crippen LogP contribution in [0.25, 0.3) is 0 Å². The number of hydrogen-bond acceptors (Lipinski definition) is 4. The number of hydrazine groups is 1. The van der Waals surface area contributed by atoms with Gasteiger partial charge in [-0.1, -0.05) is 19.3 Å². The second kappa shape index (κ2) is 5.70. The van der Waals surface area contributed by atoms with Gasteiger partial charge in [0.2, 0.25) is 0 Å². The zero-order valence-corrected chi connectivity index (χ0v) is 12.5. The highest BCUT2D eigenvalue weighted by atomic mass is 32.1. The normalized spacial score (nSPS) is 21.2. The van der Waals surface area contributed by atoms with Crippen LogP contribution in [0.15, 0.2) is 11.4 Å². The monoisotopic (exact) mass is 267 g/mol. The molecule has 1 aromatic heterocycles. The quantitative estimate of drug-likeness (QED) is 0.651. The molecule has 4 heteroatoms. The summed E-state index contributed by atoms with van der Waals surface area (Å²) in [4.78, 5) is 3.76. The summed E-state index contributed by atoms with van der Waals surface area (Å²) < 4.78 is 0. The summed E-state index contributed by atoms with van der Waals surface area (Å²) in [7, 11) is 4.38. The molecule has 1 fully saturated rings. The van der Waals surface area contributed by atoms with Crippen molar-refractivity contribution in [2.24, 2.45) is 5.84 Å². The van der Waals surface area contributed by atoms with Gasteiger partial charge in [0, 0.05) is 10.4 Å². The summed E-state index contributed by atoms with van der Waals surface area (Å²) >= 11 is 1.81. The molecule has 0 spiro atoms. The van der Waals surface area contributed by atoms with E-state index >= 15 is 0 Å². The van der Waals surface area contributed by atoms with Gasteiger partial charge in [0.25, 0.3) is 0 Å². The Morgan fingerprint density at radius 1 is 1.33 bits per heavy atom. The van der Waals surface area contributed by atoms with Crippen LogP contribution in [0.2, 0.25) is 0 Å². The topological polar surface area (TPSA) is 41.3 Å². The maximum atomic E-state index is 5.91. The van der Waals surface area contributed by atoms with E-state index in [1.54, 1.807) is 0 Å². The van der Waals surface area contributed by atoms with Gasteiger partial charge in [-0.25, -0.2) is 0 Å². The number of nitrogens with zero attached hydrogens (tertiary/aromatic N) is 1. The summed E-state index contributed by atoms with van der Waals surface area (Å²) in [6.07, 6.45) is 6.42. The molecule has 18 heavy (non-hydrogen) atoms. The highest BCUT2D eigenvalue weighted by Crippen LogP contribution is 2.43. The molecular formula is C14H25N3S. The summed E-state index contributed by atoms with van der Waals surface area (Å²) in [5.74, 6) is 5.91. The lowest BCUT2D eigenvalue weighted by atomic mass is 9.73. The lowest BCUT2D eigenvalue weighted by molar-refractivity contribution is 0.0564. The number of thiophene rings is 1. The molecule has 1 unspecified atom stereocenters. The van der Waals surface area contributed by atoms with E-state index in [9.17, 15) is 0 Å². The first kappa shape index (κ1) is 14.0. The average molecular weight is 267 g/mol. The molecule has 0 aromatic carbocycles. The fraction of sp³-hybridized carbons (Fsp3) is 0.714. The first-order chi connectivity index (χ1) is 8.62. The highest BCUT2D eigenvalue weighted by molar-refractivity contribution is 7.10. The van der Waals surface area contributed by atoms with Gasteiger partial charge < -0.3 is 4.90 Å². The van der Waals surface area contributed by atoms with E-state index in [2.05, 4.69) is 42.8 Å². The van der Waals surface area contributed by atoms with Crippen molar-refractivity contribution in [3.63, 3.8) is 0 Å². The van der Waals surface area contributed by atoms with Crippen molar-refractivity contribution < 1.29 is 0 Å². The van der Waals surface area contributed by atoms with Crippen molar-refractivity contribution in [3.8, 4) is 0 Å². The number of hydrogen-bond donors (Lipinski definition) is 2. The summed E-state index contributed by atoms with van der Waals surface area (Å²) in [6, 6.07) is 2.46. The lowest BCUT2D eigenvalue weighted by Crippen LogP contribution is -2.56. The van der Waals surface area contributed by atoms with Crippen molar-refractivity contribution in [1.29, 1.82) is 0 Å². The molecule has 0 bridgehead atoms. The van der Waals surface area contributed by atoms with Crippen LogP contribution in [0.3, 0.4) is 0 Å². The molecule has 1 saturated carbocycles. The predicted molar refractivity (Wildman–Crippen MR) is 78.6 cm³/mol. The maximum absolute atomic E-state index is 5.91. The summed E-state index contributed by atoms with van der Waals surface area (Å²) in [6.45, 7) is 2.19. The Morgan fingerprint density at radius 2 is 2.00 bits per heavy atom. The van der Waals surface area contributed by atoms with Crippen molar-refractivity contribution in [1.82, 2.24) is 10.3 Å². The molecule has 1 heterocycles. The van der Waals surface area contributed by atoms with Crippen molar-refractivity contribution in [2.45, 2.75) is 50.6 Å². The Bertz CT molecular complexity index is 380. The molecule has 1 aliphatic rings. The molecule has 1 aliphatic carbocycles. The van der Waals surface area contributed by atoms with Gasteiger partial charge in [-0.15, -0.1) is 11.3 Å². The molecule has 0 radical (unpaired) electrons. The van der Waals surface area contributed by atoms with E-state index in [-0.39, 0.29) is 11.6 Å². The third-order valence-electron chi connectivity index (χ3n) is 4.52. The van der Waals surface area contributed by atoms with Gasteiger partial charge in [0.1, 0.15) is 0 Å². The fourth-order valence-corrected chi connectivity index (χ4v) is 4.13. The van der Waals surface area contributed by atoms with Crippen LogP contribution in [0, 0.1) is 6.92 Å². The fourth-order valence-electron chi connectivity index (χ4n) is 3.39. The van der Waals surface area contributed by atoms with Gasteiger partial charge in [-0.2, -0.15) is 0 Å². The van der Waals surface area contributed by atoms with Gasteiger partial charge in [0.15, 0.2) is 0 Å². The molecule has 1 aromatic rings. The third-order valence-corrected chi connectivity index (χ3v) is 5.39. The Hall–Kier alpha value is -0.420. The Labute approximate surface area is 114 Å². The minimum atomic E-state index is 0.166. The second-order valence-electron chi connectivity index (χ2n) is 5.59. The number of nitrogens with two attached hydrogens (primary N) is 1. The van der Waals surface area contributed by atoms with Gasteiger partial charge in [-0.3, -0.25) is 11.3 Å². The Kier molecular flexibility index (Phi) is 4.43. The smallest absolute Gasteiger partial charge is 0.0654 e. The van der Waals surface area contributed by atoms with E-state index in [4.69, 9.17) is 5.84 Å². The second-order valence-corrected chi connectivity index (χ2v) is 6.71. The molecule has 0 aliphatic heterocycles. The first-order valence-corrected chi connectivity index (χ1v) is 7.67. The summed E-state index contributed by atoms with van der Waals surface area (Å²) in [5, 5.41) is 2.17. The SMILES string of the molecule is Cc1sccc1C(NN)C1(N(C)C)CCCCC1. The highest BCUT2D eigenvalue weighted by Gasteiger charge is 2.42. The van der Waals surface area contributed by atoms with Crippen LogP contribution < -0.4 is 11.3 Å². The molecule has 3 nitrogen and oxygen atoms in total.